The second-order valence-corrected chi connectivity index (χ2v) is 4.38. The molecule has 0 unspecified atom stereocenters. The number of rotatable bonds is 1. The van der Waals surface area contributed by atoms with E-state index in [9.17, 15) is 4.39 Å². The van der Waals surface area contributed by atoms with Crippen LogP contribution in [0.25, 0.3) is 5.69 Å². The molecule has 0 saturated heterocycles. The number of hydrogen-bond donors (Lipinski definition) is 1. The average Bonchev–Trinajstić information content (AvgIpc) is 2.54. The monoisotopic (exact) mass is 284 g/mol. The first kappa shape index (κ1) is 11.1. The molecule has 0 aliphatic heterocycles. The summed E-state index contributed by atoms with van der Waals surface area (Å²) >= 11 is 3.14. The Bertz CT molecular complexity index is 550. The third-order valence-corrected chi connectivity index (χ3v) is 3.01. The van der Waals surface area contributed by atoms with Crippen LogP contribution in [-0.4, -0.2) is 15.0 Å². The predicted octanol–water partition coefficient (Wildman–Crippen LogP) is 2.37. The van der Waals surface area contributed by atoms with Crippen molar-refractivity contribution >= 4 is 21.7 Å². The quantitative estimate of drug-likeness (QED) is 0.875. The molecule has 2 rings (SSSR count). The van der Waals surface area contributed by atoms with E-state index in [1.54, 1.807) is 10.7 Å². The van der Waals surface area contributed by atoms with E-state index in [1.165, 1.54) is 6.07 Å². The highest BCUT2D eigenvalue weighted by Crippen LogP contribution is 2.24. The highest BCUT2D eigenvalue weighted by atomic mass is 79.9. The topological polar surface area (TPSA) is 56.7 Å². The van der Waals surface area contributed by atoms with Gasteiger partial charge in [-0.25, -0.2) is 9.07 Å². The van der Waals surface area contributed by atoms with Crippen LogP contribution >= 0.6 is 15.9 Å². The summed E-state index contributed by atoms with van der Waals surface area (Å²) in [5.74, 6) is 0.0758. The summed E-state index contributed by atoms with van der Waals surface area (Å²) in [5, 5.41) is 7.68. The van der Waals surface area contributed by atoms with Gasteiger partial charge in [0.15, 0.2) is 5.82 Å². The fourth-order valence-electron chi connectivity index (χ4n) is 1.43. The molecule has 1 aromatic heterocycles. The molecule has 0 atom stereocenters. The van der Waals surface area contributed by atoms with Crippen LogP contribution in [0.1, 0.15) is 11.3 Å². The second-order valence-electron chi connectivity index (χ2n) is 3.52. The Morgan fingerprint density at radius 3 is 2.62 bits per heavy atom. The first-order chi connectivity index (χ1) is 7.50. The third-order valence-electron chi connectivity index (χ3n) is 2.40. The first-order valence-electron chi connectivity index (χ1n) is 4.64. The zero-order chi connectivity index (χ0) is 11.9. The maximum Gasteiger partial charge on any atom is 0.169 e. The summed E-state index contributed by atoms with van der Waals surface area (Å²) < 4.78 is 15.2. The van der Waals surface area contributed by atoms with Gasteiger partial charge in [-0.1, -0.05) is 5.21 Å². The van der Waals surface area contributed by atoms with Crippen molar-refractivity contribution in [2.45, 2.75) is 13.8 Å². The SMILES string of the molecule is Cc1cc(F)c(Br)cc1-n1nnc(N)c1C. The van der Waals surface area contributed by atoms with Crippen molar-refractivity contribution in [2.75, 3.05) is 5.73 Å². The molecule has 0 amide bonds. The van der Waals surface area contributed by atoms with E-state index < -0.39 is 0 Å². The van der Waals surface area contributed by atoms with Crippen LogP contribution in [0, 0.1) is 19.7 Å². The molecule has 2 aromatic rings. The van der Waals surface area contributed by atoms with Gasteiger partial charge in [-0.2, -0.15) is 0 Å². The van der Waals surface area contributed by atoms with Crippen LogP contribution in [0.4, 0.5) is 10.2 Å². The summed E-state index contributed by atoms with van der Waals surface area (Å²) in [5.41, 5.74) is 7.88. The summed E-state index contributed by atoms with van der Waals surface area (Å²) in [4.78, 5) is 0. The lowest BCUT2D eigenvalue weighted by Gasteiger charge is -2.08. The number of benzene rings is 1. The number of nitrogen functional groups attached to an aromatic ring is 1. The summed E-state index contributed by atoms with van der Waals surface area (Å²) in [7, 11) is 0. The lowest BCUT2D eigenvalue weighted by atomic mass is 10.2. The van der Waals surface area contributed by atoms with Crippen molar-refractivity contribution in [1.82, 2.24) is 15.0 Å². The van der Waals surface area contributed by atoms with Crippen molar-refractivity contribution in [2.24, 2.45) is 0 Å². The van der Waals surface area contributed by atoms with Gasteiger partial charge in [-0.05, 0) is 47.5 Å². The Hall–Kier alpha value is -1.43. The number of nitrogens with zero attached hydrogens (tertiary/aromatic N) is 3. The van der Waals surface area contributed by atoms with E-state index >= 15 is 0 Å². The zero-order valence-electron chi connectivity index (χ0n) is 8.83. The van der Waals surface area contributed by atoms with E-state index in [0.29, 0.717) is 10.3 Å². The van der Waals surface area contributed by atoms with Gasteiger partial charge in [0.1, 0.15) is 5.82 Å². The molecule has 2 N–H and O–H groups in total. The first-order valence-corrected chi connectivity index (χ1v) is 5.44. The minimum absolute atomic E-state index is 0.299. The predicted molar refractivity (Wildman–Crippen MR) is 62.9 cm³/mol. The highest BCUT2D eigenvalue weighted by molar-refractivity contribution is 9.10. The summed E-state index contributed by atoms with van der Waals surface area (Å²) in [6, 6.07) is 3.10. The van der Waals surface area contributed by atoms with Gasteiger partial charge >= 0.3 is 0 Å². The molecule has 1 heterocycles. The van der Waals surface area contributed by atoms with Crippen molar-refractivity contribution < 1.29 is 4.39 Å². The van der Waals surface area contributed by atoms with Gasteiger partial charge in [0.2, 0.25) is 0 Å². The molecule has 0 bridgehead atoms. The molecule has 16 heavy (non-hydrogen) atoms. The Balaban J connectivity index is 2.65. The van der Waals surface area contributed by atoms with Crippen molar-refractivity contribution in [3.8, 4) is 5.69 Å². The lowest BCUT2D eigenvalue weighted by molar-refractivity contribution is 0.618. The molecule has 0 fully saturated rings. The van der Waals surface area contributed by atoms with Crippen molar-refractivity contribution in [1.29, 1.82) is 0 Å². The lowest BCUT2D eigenvalue weighted by Crippen LogP contribution is -2.03. The maximum atomic E-state index is 13.3. The van der Waals surface area contributed by atoms with Crippen LogP contribution in [-0.2, 0) is 0 Å². The second kappa shape index (κ2) is 3.86. The molecule has 0 saturated carbocycles. The Morgan fingerprint density at radius 1 is 1.38 bits per heavy atom. The van der Waals surface area contributed by atoms with Gasteiger partial charge in [0.05, 0.1) is 15.9 Å². The molecule has 0 spiro atoms. The minimum atomic E-state index is -0.299. The molecule has 0 radical (unpaired) electrons. The van der Waals surface area contributed by atoms with E-state index in [0.717, 1.165) is 16.9 Å². The van der Waals surface area contributed by atoms with Crippen LogP contribution in [0.5, 0.6) is 0 Å². The van der Waals surface area contributed by atoms with Gasteiger partial charge in [-0.3, -0.25) is 0 Å². The average molecular weight is 285 g/mol. The highest BCUT2D eigenvalue weighted by Gasteiger charge is 2.11. The molecule has 0 aliphatic rings. The van der Waals surface area contributed by atoms with Crippen LogP contribution < -0.4 is 5.73 Å². The van der Waals surface area contributed by atoms with Crippen LogP contribution in [0.3, 0.4) is 0 Å². The van der Waals surface area contributed by atoms with E-state index in [1.807, 2.05) is 13.8 Å². The Labute approximate surface area is 100 Å². The standard InChI is InChI=1S/C10H10BrFN4/c1-5-3-8(12)7(11)4-9(5)16-6(2)10(13)14-15-16/h3-4H,13H2,1-2H3. The van der Waals surface area contributed by atoms with Crippen LogP contribution in [0.15, 0.2) is 16.6 Å². The number of aromatic nitrogens is 3. The van der Waals surface area contributed by atoms with Crippen molar-refractivity contribution in [3.05, 3.63) is 33.7 Å². The van der Waals surface area contributed by atoms with E-state index in [2.05, 4.69) is 26.2 Å². The Morgan fingerprint density at radius 2 is 2.06 bits per heavy atom. The molecular weight excluding hydrogens is 275 g/mol. The molecule has 84 valence electrons. The number of aryl methyl sites for hydroxylation is 1. The number of halogens is 2. The van der Waals surface area contributed by atoms with E-state index in [-0.39, 0.29) is 5.82 Å². The van der Waals surface area contributed by atoms with Crippen molar-refractivity contribution in [3.63, 3.8) is 0 Å². The summed E-state index contributed by atoms with van der Waals surface area (Å²) in [6.45, 7) is 3.62. The minimum Gasteiger partial charge on any atom is -0.381 e. The normalized spacial score (nSPS) is 10.8. The largest absolute Gasteiger partial charge is 0.381 e. The number of anilines is 1. The van der Waals surface area contributed by atoms with Crippen LogP contribution in [0.2, 0.25) is 0 Å². The van der Waals surface area contributed by atoms with Gasteiger partial charge in [0, 0.05) is 0 Å². The fourth-order valence-corrected chi connectivity index (χ4v) is 1.76. The zero-order valence-corrected chi connectivity index (χ0v) is 10.4. The molecule has 6 heteroatoms. The smallest absolute Gasteiger partial charge is 0.169 e. The molecule has 0 aliphatic carbocycles. The number of nitrogens with two attached hydrogens (primary N) is 1. The van der Waals surface area contributed by atoms with Gasteiger partial charge < -0.3 is 5.73 Å². The molecule has 1 aromatic carbocycles. The number of hydrogen-bond acceptors (Lipinski definition) is 3. The Kier molecular flexibility index (Phi) is 2.67. The molecular formula is C10H10BrFN4. The van der Waals surface area contributed by atoms with Gasteiger partial charge in [-0.15, -0.1) is 5.10 Å². The third kappa shape index (κ3) is 1.69. The summed E-state index contributed by atoms with van der Waals surface area (Å²) in [6.07, 6.45) is 0. The molecule has 4 nitrogen and oxygen atoms in total. The van der Waals surface area contributed by atoms with Gasteiger partial charge in [0.25, 0.3) is 0 Å². The van der Waals surface area contributed by atoms with E-state index in [4.69, 9.17) is 5.73 Å². The maximum absolute atomic E-state index is 13.3. The fraction of sp³-hybridized carbons (Fsp3) is 0.200.